The summed E-state index contributed by atoms with van der Waals surface area (Å²) in [5.41, 5.74) is 3.61. The van der Waals surface area contributed by atoms with Gasteiger partial charge in [0.25, 0.3) is 5.78 Å². The van der Waals surface area contributed by atoms with Crippen LogP contribution in [0.1, 0.15) is 38.9 Å². The lowest BCUT2D eigenvalue weighted by Crippen LogP contribution is -2.29. The van der Waals surface area contributed by atoms with Gasteiger partial charge in [-0.2, -0.15) is 0 Å². The predicted octanol–water partition coefficient (Wildman–Crippen LogP) is 4.98. The molecule has 1 saturated heterocycles. The summed E-state index contributed by atoms with van der Waals surface area (Å²) in [6, 6.07) is 14.4. The molecular weight excluding hydrogens is 544 g/mol. The van der Waals surface area contributed by atoms with Crippen LogP contribution in [0, 0.1) is 13.8 Å². The van der Waals surface area contributed by atoms with E-state index in [0.29, 0.717) is 33.7 Å². The molecule has 0 aliphatic carbocycles. The molecule has 4 heterocycles. The van der Waals surface area contributed by atoms with Crippen molar-refractivity contribution in [1.82, 2.24) is 14.4 Å². The van der Waals surface area contributed by atoms with Gasteiger partial charge in [0.2, 0.25) is 0 Å². The molecule has 206 valence electrons. The zero-order chi connectivity index (χ0) is 29.0. The Kier molecular flexibility index (Phi) is 6.30. The number of hydrogen-bond acceptors (Lipinski definition) is 9. The fraction of sp³-hybridized carbons (Fsp3) is 0.167. The van der Waals surface area contributed by atoms with Crippen LogP contribution < -0.4 is 9.64 Å². The molecule has 0 spiro atoms. The van der Waals surface area contributed by atoms with Gasteiger partial charge in [-0.25, -0.2) is 14.8 Å². The summed E-state index contributed by atoms with van der Waals surface area (Å²) in [7, 11) is 2.84. The summed E-state index contributed by atoms with van der Waals surface area (Å²) in [4.78, 5) is 49.9. The lowest BCUT2D eigenvalue weighted by Gasteiger charge is -2.23. The van der Waals surface area contributed by atoms with Crippen LogP contribution in [-0.4, -0.2) is 51.4 Å². The van der Waals surface area contributed by atoms with Crippen molar-refractivity contribution >= 4 is 55.8 Å². The minimum atomic E-state index is -1.03. The standard InChI is InChI=1S/C30H24N4O6S/c1-15-6-5-13-33-16(2)23(32-27(15)33)25(35)22-24(17-7-9-18(10-8-17)29(38)40-4)34(28(37)26(22)36)30-31-20-12-11-19(39-3)14-21(20)41-30/h5-14,24,35H,1-4H3. The van der Waals surface area contributed by atoms with E-state index < -0.39 is 29.5 Å². The van der Waals surface area contributed by atoms with Crippen LogP contribution in [0.2, 0.25) is 0 Å². The normalized spacial score (nSPS) is 16.6. The van der Waals surface area contributed by atoms with E-state index in [-0.39, 0.29) is 16.4 Å². The maximum atomic E-state index is 13.7. The monoisotopic (exact) mass is 568 g/mol. The average Bonchev–Trinajstić information content (AvgIpc) is 3.64. The van der Waals surface area contributed by atoms with Gasteiger partial charge in [0, 0.05) is 6.20 Å². The summed E-state index contributed by atoms with van der Waals surface area (Å²) in [6.07, 6.45) is 1.82. The zero-order valence-electron chi connectivity index (χ0n) is 22.5. The molecule has 41 heavy (non-hydrogen) atoms. The van der Waals surface area contributed by atoms with E-state index in [1.54, 1.807) is 56.5 Å². The first-order valence-electron chi connectivity index (χ1n) is 12.6. The van der Waals surface area contributed by atoms with Gasteiger partial charge in [0.05, 0.1) is 47.3 Å². The Hall–Kier alpha value is -5.03. The highest BCUT2D eigenvalue weighted by molar-refractivity contribution is 7.22. The number of Topliss-reactive ketones (excluding diaryl/α,β-unsaturated/α-hetero) is 1. The second-order valence-electron chi connectivity index (χ2n) is 9.54. The molecule has 3 aromatic heterocycles. The number of thiazole rings is 1. The van der Waals surface area contributed by atoms with Crippen molar-refractivity contribution in [2.75, 3.05) is 19.1 Å². The molecule has 1 unspecified atom stereocenters. The number of aromatic nitrogens is 3. The Labute approximate surface area is 238 Å². The van der Waals surface area contributed by atoms with E-state index in [4.69, 9.17) is 9.47 Å². The number of aryl methyl sites for hydroxylation is 2. The Morgan fingerprint density at radius 3 is 2.46 bits per heavy atom. The molecule has 0 bridgehead atoms. The third-order valence-electron chi connectivity index (χ3n) is 7.19. The van der Waals surface area contributed by atoms with Gasteiger partial charge in [-0.3, -0.25) is 14.5 Å². The Balaban J connectivity index is 1.57. The molecule has 11 heteroatoms. The summed E-state index contributed by atoms with van der Waals surface area (Å²) in [6.45, 7) is 3.68. The number of esters is 1. The van der Waals surface area contributed by atoms with Crippen molar-refractivity contribution in [3.63, 3.8) is 0 Å². The van der Waals surface area contributed by atoms with Gasteiger partial charge in [0.1, 0.15) is 17.1 Å². The van der Waals surface area contributed by atoms with Gasteiger partial charge in [-0.05, 0) is 61.4 Å². The number of pyridine rings is 1. The Morgan fingerprint density at radius 1 is 1.02 bits per heavy atom. The first-order chi connectivity index (χ1) is 19.7. The lowest BCUT2D eigenvalue weighted by molar-refractivity contribution is -0.132. The van der Waals surface area contributed by atoms with E-state index in [2.05, 4.69) is 9.97 Å². The van der Waals surface area contributed by atoms with Gasteiger partial charge in [-0.15, -0.1) is 0 Å². The number of carbonyl (C=O) groups is 3. The smallest absolute Gasteiger partial charge is 0.337 e. The Morgan fingerprint density at radius 2 is 1.78 bits per heavy atom. The van der Waals surface area contributed by atoms with Crippen LogP contribution in [0.25, 0.3) is 21.6 Å². The van der Waals surface area contributed by atoms with Crippen LogP contribution >= 0.6 is 11.3 Å². The van der Waals surface area contributed by atoms with Crippen molar-refractivity contribution in [2.45, 2.75) is 19.9 Å². The lowest BCUT2D eigenvalue weighted by atomic mass is 9.95. The largest absolute Gasteiger partial charge is 0.505 e. The number of methoxy groups -OCH3 is 2. The molecule has 6 rings (SSSR count). The summed E-state index contributed by atoms with van der Waals surface area (Å²) >= 11 is 1.22. The van der Waals surface area contributed by atoms with Gasteiger partial charge in [-0.1, -0.05) is 29.5 Å². The molecule has 1 atom stereocenters. The average molecular weight is 569 g/mol. The van der Waals surface area contributed by atoms with Crippen molar-refractivity contribution in [2.24, 2.45) is 0 Å². The molecular formula is C30H24N4O6S. The minimum Gasteiger partial charge on any atom is -0.505 e. The molecule has 10 nitrogen and oxygen atoms in total. The van der Waals surface area contributed by atoms with Gasteiger partial charge >= 0.3 is 11.9 Å². The van der Waals surface area contributed by atoms with E-state index in [1.165, 1.54) is 23.3 Å². The number of nitrogens with zero attached hydrogens (tertiary/aromatic N) is 4. The van der Waals surface area contributed by atoms with Crippen LogP contribution in [0.3, 0.4) is 0 Å². The second kappa shape index (κ2) is 9.86. The molecule has 1 amide bonds. The minimum absolute atomic E-state index is 0.123. The van der Waals surface area contributed by atoms with Crippen LogP contribution in [0.5, 0.6) is 5.75 Å². The first kappa shape index (κ1) is 26.2. The highest BCUT2D eigenvalue weighted by Crippen LogP contribution is 2.45. The number of imidazole rings is 1. The number of hydrogen-bond donors (Lipinski definition) is 1. The zero-order valence-corrected chi connectivity index (χ0v) is 23.4. The van der Waals surface area contributed by atoms with Crippen molar-refractivity contribution in [3.05, 3.63) is 94.4 Å². The number of carbonyl (C=O) groups excluding carboxylic acids is 3. The number of ether oxygens (including phenoxy) is 2. The number of anilines is 1. The number of ketones is 1. The Bertz CT molecular complexity index is 1920. The number of aliphatic hydroxyl groups excluding tert-OH is 1. The molecule has 2 aromatic carbocycles. The van der Waals surface area contributed by atoms with Gasteiger partial charge in [0.15, 0.2) is 10.9 Å². The second-order valence-corrected chi connectivity index (χ2v) is 10.6. The van der Waals surface area contributed by atoms with Crippen LogP contribution in [0.4, 0.5) is 5.13 Å². The summed E-state index contributed by atoms with van der Waals surface area (Å²) in [5.74, 6) is -1.99. The molecule has 0 saturated carbocycles. The highest BCUT2D eigenvalue weighted by Gasteiger charge is 2.48. The van der Waals surface area contributed by atoms with E-state index >= 15 is 0 Å². The molecule has 1 aliphatic rings. The van der Waals surface area contributed by atoms with Crippen LogP contribution in [0.15, 0.2) is 66.4 Å². The SMILES string of the molecule is COC(=O)c1ccc(C2C(=C(O)c3nc4c(C)cccn4c3C)C(=O)C(=O)N2c2nc3ccc(OC)cc3s2)cc1. The molecule has 1 N–H and O–H groups in total. The van der Waals surface area contributed by atoms with Crippen molar-refractivity contribution in [1.29, 1.82) is 0 Å². The summed E-state index contributed by atoms with van der Waals surface area (Å²) in [5, 5.41) is 11.9. The summed E-state index contributed by atoms with van der Waals surface area (Å²) < 4.78 is 12.7. The fourth-order valence-corrected chi connectivity index (χ4v) is 6.08. The first-order valence-corrected chi connectivity index (χ1v) is 13.4. The predicted molar refractivity (Wildman–Crippen MR) is 153 cm³/mol. The molecule has 0 radical (unpaired) electrons. The number of aliphatic hydroxyl groups is 1. The fourth-order valence-electron chi connectivity index (χ4n) is 5.06. The number of amides is 1. The maximum Gasteiger partial charge on any atom is 0.337 e. The molecule has 1 aliphatic heterocycles. The molecule has 5 aromatic rings. The van der Waals surface area contributed by atoms with Crippen molar-refractivity contribution < 1.29 is 29.0 Å². The highest BCUT2D eigenvalue weighted by atomic mass is 32.1. The maximum absolute atomic E-state index is 13.7. The molecule has 1 fully saturated rings. The van der Waals surface area contributed by atoms with Gasteiger partial charge < -0.3 is 19.0 Å². The number of rotatable bonds is 5. The third kappa shape index (κ3) is 4.13. The van der Waals surface area contributed by atoms with E-state index in [1.807, 2.05) is 29.7 Å². The van der Waals surface area contributed by atoms with Crippen LogP contribution in [-0.2, 0) is 14.3 Å². The third-order valence-corrected chi connectivity index (χ3v) is 8.21. The van der Waals surface area contributed by atoms with Crippen molar-refractivity contribution in [3.8, 4) is 5.75 Å². The number of fused-ring (bicyclic) bond motifs is 2. The van der Waals surface area contributed by atoms with E-state index in [0.717, 1.165) is 10.3 Å². The van der Waals surface area contributed by atoms with E-state index in [9.17, 15) is 19.5 Å². The topological polar surface area (TPSA) is 123 Å². The quantitative estimate of drug-likeness (QED) is 0.136. The number of benzene rings is 2.